The Kier molecular flexibility index (Phi) is 5.30. The van der Waals surface area contributed by atoms with Crippen LogP contribution < -0.4 is 5.32 Å². The topological polar surface area (TPSA) is 46.9 Å². The number of aromatic nitrogens is 2. The number of hydrogen-bond donors (Lipinski definition) is 1. The number of rotatable bonds is 5. The molecule has 2 heterocycles. The van der Waals surface area contributed by atoms with Gasteiger partial charge in [-0.05, 0) is 44.0 Å². The van der Waals surface area contributed by atoms with Crippen LogP contribution in [0.3, 0.4) is 0 Å². The number of carbonyl (C=O) groups is 1. The molecule has 1 N–H and O–H groups in total. The molecule has 0 spiro atoms. The third-order valence-corrected chi connectivity index (χ3v) is 5.75. The van der Waals surface area contributed by atoms with Gasteiger partial charge >= 0.3 is 0 Å². The minimum absolute atomic E-state index is 0.00172. The number of carbonyl (C=O) groups excluding carboxylic acids is 1. The van der Waals surface area contributed by atoms with Crippen molar-refractivity contribution in [2.45, 2.75) is 37.6 Å². The molecule has 4 nitrogen and oxygen atoms in total. The van der Waals surface area contributed by atoms with Gasteiger partial charge in [-0.2, -0.15) is 0 Å². The summed E-state index contributed by atoms with van der Waals surface area (Å²) in [6.07, 6.45) is 5.61. The number of fused-ring (bicyclic) bond motifs is 1. The molecule has 0 radical (unpaired) electrons. The number of nitrogens with one attached hydrogen (secondary N) is 1. The van der Waals surface area contributed by atoms with Crippen molar-refractivity contribution in [1.82, 2.24) is 9.55 Å². The van der Waals surface area contributed by atoms with Crippen LogP contribution in [0.25, 0.3) is 11.3 Å². The summed E-state index contributed by atoms with van der Waals surface area (Å²) in [7, 11) is 0. The van der Waals surface area contributed by atoms with E-state index in [1.807, 2.05) is 24.3 Å². The Labute approximate surface area is 164 Å². The Balaban J connectivity index is 1.40. The number of thioether (sulfide) groups is 1. The molecule has 2 aromatic carbocycles. The van der Waals surface area contributed by atoms with Gasteiger partial charge in [-0.1, -0.05) is 29.8 Å². The van der Waals surface area contributed by atoms with E-state index < -0.39 is 0 Å². The van der Waals surface area contributed by atoms with Gasteiger partial charge in [-0.3, -0.25) is 4.79 Å². The maximum absolute atomic E-state index is 12.3. The Morgan fingerprint density at radius 1 is 1.19 bits per heavy atom. The van der Waals surface area contributed by atoms with Crippen molar-refractivity contribution in [1.29, 1.82) is 0 Å². The summed E-state index contributed by atoms with van der Waals surface area (Å²) in [5.41, 5.74) is 4.06. The highest BCUT2D eigenvalue weighted by molar-refractivity contribution is 8.00. The Morgan fingerprint density at radius 2 is 2.04 bits per heavy atom. The lowest BCUT2D eigenvalue weighted by Crippen LogP contribution is -2.13. The van der Waals surface area contributed by atoms with Crippen LogP contribution in [0.4, 0.5) is 5.69 Å². The third-order valence-electron chi connectivity index (χ3n) is 4.74. The van der Waals surface area contributed by atoms with Gasteiger partial charge in [0.2, 0.25) is 5.91 Å². The minimum atomic E-state index is 0.00172. The molecule has 1 aliphatic rings. The van der Waals surface area contributed by atoms with Crippen molar-refractivity contribution in [3.63, 3.8) is 0 Å². The fourth-order valence-corrected chi connectivity index (χ4v) is 3.99. The molecule has 0 fully saturated rings. The SMILES string of the molecule is Cc1ccc(SCC(=O)Nc2cccc(-c3cn4c(n3)CCCC4)c2)cc1. The van der Waals surface area contributed by atoms with Crippen molar-refractivity contribution in [2.24, 2.45) is 0 Å². The zero-order chi connectivity index (χ0) is 18.6. The normalized spacial score (nSPS) is 13.2. The third kappa shape index (κ3) is 4.42. The van der Waals surface area contributed by atoms with Crippen LogP contribution in [-0.2, 0) is 17.8 Å². The van der Waals surface area contributed by atoms with E-state index in [-0.39, 0.29) is 5.91 Å². The first-order chi connectivity index (χ1) is 13.2. The van der Waals surface area contributed by atoms with Crippen molar-refractivity contribution in [3.05, 3.63) is 66.1 Å². The van der Waals surface area contributed by atoms with E-state index >= 15 is 0 Å². The Hall–Kier alpha value is -2.53. The van der Waals surface area contributed by atoms with Crippen LogP contribution >= 0.6 is 11.8 Å². The maximum atomic E-state index is 12.3. The van der Waals surface area contributed by atoms with Gasteiger partial charge in [0, 0.05) is 35.3 Å². The lowest BCUT2D eigenvalue weighted by Gasteiger charge is -2.11. The van der Waals surface area contributed by atoms with E-state index in [1.165, 1.54) is 24.2 Å². The van der Waals surface area contributed by atoms with Crippen molar-refractivity contribution in [3.8, 4) is 11.3 Å². The first-order valence-electron chi connectivity index (χ1n) is 9.33. The van der Waals surface area contributed by atoms with Crippen LogP contribution in [0.5, 0.6) is 0 Å². The molecule has 0 unspecified atom stereocenters. The van der Waals surface area contributed by atoms with Crippen LogP contribution in [0.15, 0.2) is 59.6 Å². The predicted octanol–water partition coefficient (Wildman–Crippen LogP) is 4.93. The van der Waals surface area contributed by atoms with Gasteiger partial charge in [-0.15, -0.1) is 11.8 Å². The molecule has 5 heteroatoms. The molecule has 0 saturated carbocycles. The fourth-order valence-electron chi connectivity index (χ4n) is 3.29. The van der Waals surface area contributed by atoms with Crippen molar-refractivity contribution >= 4 is 23.4 Å². The van der Waals surface area contributed by atoms with Gasteiger partial charge < -0.3 is 9.88 Å². The van der Waals surface area contributed by atoms with Crippen LogP contribution in [-0.4, -0.2) is 21.2 Å². The smallest absolute Gasteiger partial charge is 0.234 e. The molecule has 138 valence electrons. The molecule has 0 bridgehead atoms. The fraction of sp³-hybridized carbons (Fsp3) is 0.273. The molecule has 27 heavy (non-hydrogen) atoms. The van der Waals surface area contributed by atoms with E-state index in [2.05, 4.69) is 47.3 Å². The zero-order valence-corrected chi connectivity index (χ0v) is 16.3. The standard InChI is InChI=1S/C22H23N3OS/c1-16-8-10-19(11-9-16)27-15-22(26)23-18-6-4-5-17(13-18)20-14-25-12-3-2-7-21(25)24-20/h4-6,8-11,13-14H,2-3,7,12,15H2,1H3,(H,23,26). The largest absolute Gasteiger partial charge is 0.334 e. The summed E-state index contributed by atoms with van der Waals surface area (Å²) in [5, 5.41) is 3.00. The summed E-state index contributed by atoms with van der Waals surface area (Å²) in [6, 6.07) is 16.2. The van der Waals surface area contributed by atoms with Crippen molar-refractivity contribution < 1.29 is 4.79 Å². The second kappa shape index (κ2) is 8.01. The van der Waals surface area contributed by atoms with Gasteiger partial charge in [0.1, 0.15) is 5.82 Å². The summed E-state index contributed by atoms with van der Waals surface area (Å²) >= 11 is 1.55. The lowest BCUT2D eigenvalue weighted by atomic mass is 10.1. The monoisotopic (exact) mass is 377 g/mol. The molecule has 1 aromatic heterocycles. The second-order valence-corrected chi connectivity index (χ2v) is 7.97. The molecular formula is C22H23N3OS. The van der Waals surface area contributed by atoms with Crippen molar-refractivity contribution in [2.75, 3.05) is 11.1 Å². The lowest BCUT2D eigenvalue weighted by molar-refractivity contribution is -0.113. The van der Waals surface area contributed by atoms with Crippen LogP contribution in [0, 0.1) is 6.92 Å². The number of nitrogens with zero attached hydrogens (tertiary/aromatic N) is 2. The molecule has 0 aliphatic carbocycles. The summed E-state index contributed by atoms with van der Waals surface area (Å²) in [5.74, 6) is 1.56. The average Bonchev–Trinajstić information content (AvgIpc) is 3.12. The van der Waals surface area contributed by atoms with E-state index in [0.717, 1.165) is 34.8 Å². The molecule has 0 saturated heterocycles. The molecule has 4 rings (SSSR count). The molecule has 1 amide bonds. The molecule has 3 aromatic rings. The highest BCUT2D eigenvalue weighted by atomic mass is 32.2. The van der Waals surface area contributed by atoms with Gasteiger partial charge in [0.25, 0.3) is 0 Å². The van der Waals surface area contributed by atoms with Gasteiger partial charge in [-0.25, -0.2) is 4.98 Å². The number of benzene rings is 2. The Morgan fingerprint density at radius 3 is 2.85 bits per heavy atom. The number of anilines is 1. The highest BCUT2D eigenvalue weighted by Gasteiger charge is 2.13. The summed E-state index contributed by atoms with van der Waals surface area (Å²) < 4.78 is 2.25. The highest BCUT2D eigenvalue weighted by Crippen LogP contribution is 2.25. The molecule has 0 atom stereocenters. The minimum Gasteiger partial charge on any atom is -0.334 e. The summed E-state index contributed by atoms with van der Waals surface area (Å²) in [4.78, 5) is 18.2. The van der Waals surface area contributed by atoms with E-state index in [1.54, 1.807) is 11.8 Å². The van der Waals surface area contributed by atoms with Crippen LogP contribution in [0.1, 0.15) is 24.2 Å². The first-order valence-corrected chi connectivity index (χ1v) is 10.3. The van der Waals surface area contributed by atoms with E-state index in [4.69, 9.17) is 4.98 Å². The Bertz CT molecular complexity index is 923. The summed E-state index contributed by atoms with van der Waals surface area (Å²) in [6.45, 7) is 3.11. The number of amides is 1. The first kappa shape index (κ1) is 17.9. The average molecular weight is 378 g/mol. The second-order valence-electron chi connectivity index (χ2n) is 6.92. The van der Waals surface area contributed by atoms with E-state index in [0.29, 0.717) is 5.75 Å². The van der Waals surface area contributed by atoms with Gasteiger partial charge in [0.05, 0.1) is 11.4 Å². The quantitative estimate of drug-likeness (QED) is 0.642. The van der Waals surface area contributed by atoms with E-state index in [9.17, 15) is 4.79 Å². The van der Waals surface area contributed by atoms with Gasteiger partial charge in [0.15, 0.2) is 0 Å². The number of imidazole rings is 1. The zero-order valence-electron chi connectivity index (χ0n) is 15.4. The van der Waals surface area contributed by atoms with Crippen LogP contribution in [0.2, 0.25) is 0 Å². The predicted molar refractivity (Wildman–Crippen MR) is 111 cm³/mol. The number of aryl methyl sites for hydroxylation is 3. The molecule has 1 aliphatic heterocycles. The number of hydrogen-bond acceptors (Lipinski definition) is 3. The maximum Gasteiger partial charge on any atom is 0.234 e. The molecular weight excluding hydrogens is 354 g/mol.